The van der Waals surface area contributed by atoms with Crippen LogP contribution in [-0.2, 0) is 6.42 Å². The van der Waals surface area contributed by atoms with E-state index < -0.39 is 0 Å². The van der Waals surface area contributed by atoms with Crippen LogP contribution in [0.3, 0.4) is 0 Å². The molecule has 1 aromatic heterocycles. The lowest BCUT2D eigenvalue weighted by atomic mass is 10.1. The number of hydrogen-bond acceptors (Lipinski definition) is 5. The van der Waals surface area contributed by atoms with Crippen molar-refractivity contribution in [1.29, 1.82) is 0 Å². The topological polar surface area (TPSA) is 60.5 Å². The van der Waals surface area contributed by atoms with E-state index >= 15 is 0 Å². The average Bonchev–Trinajstić information content (AvgIpc) is 3.21. The van der Waals surface area contributed by atoms with Crippen LogP contribution in [0.25, 0.3) is 11.3 Å². The first-order valence-corrected chi connectivity index (χ1v) is 10.8. The van der Waals surface area contributed by atoms with Gasteiger partial charge in [0.15, 0.2) is 16.6 Å². The van der Waals surface area contributed by atoms with Crippen LogP contribution in [0.15, 0.2) is 47.8 Å². The molecule has 29 heavy (non-hydrogen) atoms. The van der Waals surface area contributed by atoms with Crippen LogP contribution in [0.5, 0.6) is 11.5 Å². The van der Waals surface area contributed by atoms with Crippen LogP contribution >= 0.6 is 11.3 Å². The largest absolute Gasteiger partial charge is 0.490 e. The fraction of sp³-hybridized carbons (Fsp3) is 0.304. The number of benzene rings is 2. The van der Waals surface area contributed by atoms with Gasteiger partial charge in [0.25, 0.3) is 5.91 Å². The standard InChI is InChI=1S/C23H26N2O3S/c1-4-13-28-20-12-11-18(14-21(20)27-6-3)22(26)25-23-24-19(15-29-23)17-9-7-16(5-2)8-10-17/h7-12,14-15H,4-6,13H2,1-3H3,(H,24,25,26). The summed E-state index contributed by atoms with van der Waals surface area (Å²) in [7, 11) is 0. The van der Waals surface area contributed by atoms with Gasteiger partial charge in [0.2, 0.25) is 0 Å². The molecule has 3 aromatic rings. The highest BCUT2D eigenvalue weighted by molar-refractivity contribution is 7.14. The molecule has 2 aromatic carbocycles. The molecule has 1 amide bonds. The molecule has 0 bridgehead atoms. The number of amides is 1. The molecule has 0 aliphatic carbocycles. The average molecular weight is 411 g/mol. The van der Waals surface area contributed by atoms with Crippen LogP contribution in [-0.4, -0.2) is 24.1 Å². The summed E-state index contributed by atoms with van der Waals surface area (Å²) < 4.78 is 11.3. The van der Waals surface area contributed by atoms with Crippen molar-refractivity contribution in [3.8, 4) is 22.8 Å². The molecule has 0 aliphatic heterocycles. The second-order valence-corrected chi connectivity index (χ2v) is 7.34. The van der Waals surface area contributed by atoms with E-state index in [1.54, 1.807) is 18.2 Å². The molecule has 0 aliphatic rings. The Labute approximate surface area is 175 Å². The van der Waals surface area contributed by atoms with Crippen molar-refractivity contribution >= 4 is 22.4 Å². The van der Waals surface area contributed by atoms with Crippen molar-refractivity contribution in [2.45, 2.75) is 33.6 Å². The fourth-order valence-electron chi connectivity index (χ4n) is 2.79. The Bertz CT molecular complexity index is 951. The van der Waals surface area contributed by atoms with Crippen molar-refractivity contribution in [3.05, 3.63) is 59.0 Å². The van der Waals surface area contributed by atoms with Gasteiger partial charge < -0.3 is 9.47 Å². The first kappa shape index (κ1) is 20.9. The van der Waals surface area contributed by atoms with Crippen LogP contribution < -0.4 is 14.8 Å². The van der Waals surface area contributed by atoms with E-state index in [1.807, 2.05) is 19.2 Å². The molecule has 0 saturated heterocycles. The number of ether oxygens (including phenoxy) is 2. The third-order valence-electron chi connectivity index (χ3n) is 4.35. The number of thiazole rings is 1. The summed E-state index contributed by atoms with van der Waals surface area (Å²) in [6, 6.07) is 13.5. The maximum atomic E-state index is 12.7. The summed E-state index contributed by atoms with van der Waals surface area (Å²) in [4.78, 5) is 17.2. The first-order valence-electron chi connectivity index (χ1n) is 9.90. The van der Waals surface area contributed by atoms with Gasteiger partial charge in [0, 0.05) is 16.5 Å². The van der Waals surface area contributed by atoms with Crippen molar-refractivity contribution in [3.63, 3.8) is 0 Å². The molecule has 6 heteroatoms. The van der Waals surface area contributed by atoms with Crippen LogP contribution in [0.2, 0.25) is 0 Å². The Morgan fingerprint density at radius 2 is 1.83 bits per heavy atom. The molecule has 0 atom stereocenters. The summed E-state index contributed by atoms with van der Waals surface area (Å²) in [5.41, 5.74) is 3.68. The van der Waals surface area contributed by atoms with Crippen LogP contribution in [0.4, 0.5) is 5.13 Å². The Hall–Kier alpha value is -2.86. The van der Waals surface area contributed by atoms with Gasteiger partial charge in [-0.05, 0) is 43.5 Å². The number of carbonyl (C=O) groups excluding carboxylic acids is 1. The molecule has 1 heterocycles. The molecule has 0 fully saturated rings. The molecule has 152 valence electrons. The third-order valence-corrected chi connectivity index (χ3v) is 5.11. The Morgan fingerprint density at radius 3 is 2.52 bits per heavy atom. The second-order valence-electron chi connectivity index (χ2n) is 6.49. The first-order chi connectivity index (χ1) is 14.1. The van der Waals surface area contributed by atoms with E-state index in [0.717, 1.165) is 24.1 Å². The van der Waals surface area contributed by atoms with E-state index in [-0.39, 0.29) is 5.91 Å². The van der Waals surface area contributed by atoms with E-state index in [4.69, 9.17) is 9.47 Å². The lowest BCUT2D eigenvalue weighted by Gasteiger charge is -2.12. The highest BCUT2D eigenvalue weighted by atomic mass is 32.1. The Kier molecular flexibility index (Phi) is 7.25. The minimum absolute atomic E-state index is 0.227. The number of nitrogens with zero attached hydrogens (tertiary/aromatic N) is 1. The summed E-state index contributed by atoms with van der Waals surface area (Å²) >= 11 is 1.41. The summed E-state index contributed by atoms with van der Waals surface area (Å²) in [6.45, 7) is 7.18. The van der Waals surface area contributed by atoms with Crippen molar-refractivity contribution in [2.24, 2.45) is 0 Å². The van der Waals surface area contributed by atoms with E-state index in [9.17, 15) is 4.79 Å². The predicted octanol–water partition coefficient (Wildman–Crippen LogP) is 5.81. The van der Waals surface area contributed by atoms with Crippen molar-refractivity contribution < 1.29 is 14.3 Å². The van der Waals surface area contributed by atoms with Crippen LogP contribution in [0, 0.1) is 0 Å². The fourth-order valence-corrected chi connectivity index (χ4v) is 3.51. The van der Waals surface area contributed by atoms with E-state index in [1.165, 1.54) is 16.9 Å². The maximum absolute atomic E-state index is 12.7. The molecule has 5 nitrogen and oxygen atoms in total. The number of rotatable bonds is 9. The van der Waals surface area contributed by atoms with Crippen molar-refractivity contribution in [1.82, 2.24) is 4.98 Å². The van der Waals surface area contributed by atoms with Crippen LogP contribution in [0.1, 0.15) is 43.1 Å². The monoisotopic (exact) mass is 410 g/mol. The zero-order chi connectivity index (χ0) is 20.6. The zero-order valence-electron chi connectivity index (χ0n) is 17.0. The van der Waals surface area contributed by atoms with Gasteiger partial charge in [-0.15, -0.1) is 11.3 Å². The molecule has 0 unspecified atom stereocenters. The molecule has 3 rings (SSSR count). The predicted molar refractivity (Wildman–Crippen MR) is 118 cm³/mol. The highest BCUT2D eigenvalue weighted by Gasteiger charge is 2.14. The lowest BCUT2D eigenvalue weighted by Crippen LogP contribution is -2.12. The molecular weight excluding hydrogens is 384 g/mol. The Balaban J connectivity index is 1.72. The molecule has 0 saturated carbocycles. The normalized spacial score (nSPS) is 10.6. The SMILES string of the molecule is CCCOc1ccc(C(=O)Nc2nc(-c3ccc(CC)cc3)cs2)cc1OCC. The third kappa shape index (κ3) is 5.35. The number of hydrogen-bond donors (Lipinski definition) is 1. The van der Waals surface area contributed by atoms with Gasteiger partial charge in [-0.3, -0.25) is 10.1 Å². The van der Waals surface area contributed by atoms with Gasteiger partial charge >= 0.3 is 0 Å². The maximum Gasteiger partial charge on any atom is 0.257 e. The minimum Gasteiger partial charge on any atom is -0.490 e. The number of aromatic nitrogens is 1. The molecule has 0 spiro atoms. The van der Waals surface area contributed by atoms with Gasteiger partial charge in [-0.25, -0.2) is 4.98 Å². The van der Waals surface area contributed by atoms with Gasteiger partial charge in [-0.2, -0.15) is 0 Å². The molecule has 1 N–H and O–H groups in total. The Morgan fingerprint density at radius 1 is 1.03 bits per heavy atom. The summed E-state index contributed by atoms with van der Waals surface area (Å²) in [5.74, 6) is 0.997. The number of anilines is 1. The van der Waals surface area contributed by atoms with Crippen molar-refractivity contribution in [2.75, 3.05) is 18.5 Å². The van der Waals surface area contributed by atoms with Gasteiger partial charge in [0.05, 0.1) is 18.9 Å². The minimum atomic E-state index is -0.227. The summed E-state index contributed by atoms with van der Waals surface area (Å²) in [6.07, 6.45) is 1.91. The quantitative estimate of drug-likeness (QED) is 0.483. The number of nitrogens with one attached hydrogen (secondary N) is 1. The highest BCUT2D eigenvalue weighted by Crippen LogP contribution is 2.30. The van der Waals surface area contributed by atoms with E-state index in [0.29, 0.717) is 35.4 Å². The summed E-state index contributed by atoms with van der Waals surface area (Å²) in [5, 5.41) is 5.39. The lowest BCUT2D eigenvalue weighted by molar-refractivity contribution is 0.102. The van der Waals surface area contributed by atoms with Gasteiger partial charge in [-0.1, -0.05) is 38.1 Å². The zero-order valence-corrected chi connectivity index (χ0v) is 17.8. The number of carbonyl (C=O) groups is 1. The number of aryl methyl sites for hydroxylation is 1. The molecular formula is C23H26N2O3S. The van der Waals surface area contributed by atoms with E-state index in [2.05, 4.69) is 41.5 Å². The van der Waals surface area contributed by atoms with Gasteiger partial charge in [0.1, 0.15) is 0 Å². The molecule has 0 radical (unpaired) electrons. The second kappa shape index (κ2) is 10.1. The smallest absolute Gasteiger partial charge is 0.257 e.